The van der Waals surface area contributed by atoms with Gasteiger partial charge in [0.2, 0.25) is 0 Å². The van der Waals surface area contributed by atoms with Crippen LogP contribution in [-0.2, 0) is 33.3 Å². The average molecular weight is 329 g/mol. The maximum absolute atomic E-state index is 11.9. The Labute approximate surface area is 133 Å². The van der Waals surface area contributed by atoms with E-state index in [1.54, 1.807) is 0 Å². The van der Waals surface area contributed by atoms with E-state index in [2.05, 4.69) is 18.9 Å². The highest BCUT2D eigenvalue weighted by Gasteiger charge is 2.43. The van der Waals surface area contributed by atoms with Gasteiger partial charge in [-0.2, -0.15) is 0 Å². The normalized spacial score (nSPS) is 20.0. The molecule has 1 amide bonds. The topological polar surface area (TPSA) is 108 Å². The molecule has 0 N–H and O–H groups in total. The molecule has 0 saturated heterocycles. The first-order valence-electron chi connectivity index (χ1n) is 6.69. The third-order valence-corrected chi connectivity index (χ3v) is 3.52. The van der Waals surface area contributed by atoms with Gasteiger partial charge in [0.15, 0.2) is 5.92 Å². The van der Waals surface area contributed by atoms with E-state index in [9.17, 15) is 19.2 Å². The number of methoxy groups -OCH3 is 4. The van der Waals surface area contributed by atoms with Crippen molar-refractivity contribution in [2.75, 3.05) is 28.4 Å². The molecule has 0 saturated carbocycles. The van der Waals surface area contributed by atoms with Crippen LogP contribution in [-0.4, -0.2) is 63.4 Å². The zero-order chi connectivity index (χ0) is 17.6. The lowest BCUT2D eigenvalue weighted by Crippen LogP contribution is -2.48. The van der Waals surface area contributed by atoms with E-state index < -0.39 is 41.9 Å². The molecule has 0 aliphatic carbocycles. The van der Waals surface area contributed by atoms with Crippen LogP contribution in [0.4, 0.5) is 4.79 Å². The number of hydrogen-bond acceptors (Lipinski definition) is 8. The molecule has 128 valence electrons. The van der Waals surface area contributed by atoms with Crippen LogP contribution in [0.2, 0.25) is 0 Å². The molecule has 2 atom stereocenters. The molecular weight excluding hydrogens is 310 g/mol. The molecule has 1 aliphatic heterocycles. The predicted octanol–water partition coefficient (Wildman–Crippen LogP) is 0.0922. The van der Waals surface area contributed by atoms with E-state index in [1.165, 1.54) is 26.5 Å². The van der Waals surface area contributed by atoms with E-state index in [4.69, 9.17) is 0 Å². The maximum Gasteiger partial charge on any atom is 0.414 e. The highest BCUT2D eigenvalue weighted by atomic mass is 16.6. The highest BCUT2D eigenvalue weighted by Crippen LogP contribution is 2.29. The summed E-state index contributed by atoms with van der Waals surface area (Å²) < 4.78 is 18.5. The van der Waals surface area contributed by atoms with E-state index >= 15 is 0 Å². The standard InChI is InChI=1S/C14H19NO8/c1-20-11(16)9-7-8(5-6-15(9)14(19)23-4)10(12(17)21-2)13(18)22-3/h5-6,8-10H,7H2,1-4H3/t8-,9+/m1/s1. The zero-order valence-electron chi connectivity index (χ0n) is 13.3. The van der Waals surface area contributed by atoms with Gasteiger partial charge in [-0.3, -0.25) is 14.5 Å². The Morgan fingerprint density at radius 2 is 1.52 bits per heavy atom. The Kier molecular flexibility index (Phi) is 6.55. The van der Waals surface area contributed by atoms with Crippen molar-refractivity contribution in [1.29, 1.82) is 0 Å². The molecular formula is C14H19NO8. The van der Waals surface area contributed by atoms with Crippen LogP contribution >= 0.6 is 0 Å². The van der Waals surface area contributed by atoms with E-state index in [0.29, 0.717) is 0 Å². The van der Waals surface area contributed by atoms with Crippen LogP contribution in [0.3, 0.4) is 0 Å². The van der Waals surface area contributed by atoms with Crippen LogP contribution in [0, 0.1) is 11.8 Å². The minimum Gasteiger partial charge on any atom is -0.468 e. The maximum atomic E-state index is 11.9. The third-order valence-electron chi connectivity index (χ3n) is 3.52. The summed E-state index contributed by atoms with van der Waals surface area (Å²) in [6.07, 6.45) is 1.95. The number of carbonyl (C=O) groups is 4. The molecule has 1 heterocycles. The summed E-state index contributed by atoms with van der Waals surface area (Å²) in [5.41, 5.74) is 0. The first-order valence-corrected chi connectivity index (χ1v) is 6.69. The molecule has 9 nitrogen and oxygen atoms in total. The number of ether oxygens (including phenoxy) is 4. The Bertz CT molecular complexity index is 499. The van der Waals surface area contributed by atoms with Gasteiger partial charge in [-0.25, -0.2) is 9.59 Å². The lowest BCUT2D eigenvalue weighted by atomic mass is 9.84. The molecule has 0 radical (unpaired) electrons. The fourth-order valence-corrected chi connectivity index (χ4v) is 2.34. The van der Waals surface area contributed by atoms with Crippen LogP contribution in [0.15, 0.2) is 12.3 Å². The molecule has 23 heavy (non-hydrogen) atoms. The highest BCUT2D eigenvalue weighted by molar-refractivity contribution is 5.95. The fraction of sp³-hybridized carbons (Fsp3) is 0.571. The van der Waals surface area contributed by atoms with E-state index in [0.717, 1.165) is 19.1 Å². The van der Waals surface area contributed by atoms with Crippen LogP contribution in [0.5, 0.6) is 0 Å². The van der Waals surface area contributed by atoms with Gasteiger partial charge in [-0.1, -0.05) is 6.08 Å². The molecule has 0 fully saturated rings. The summed E-state index contributed by atoms with van der Waals surface area (Å²) in [5, 5.41) is 0. The summed E-state index contributed by atoms with van der Waals surface area (Å²) in [5.74, 6) is -4.21. The van der Waals surface area contributed by atoms with Crippen LogP contribution in [0.1, 0.15) is 6.42 Å². The number of amides is 1. The molecule has 9 heteroatoms. The van der Waals surface area contributed by atoms with Gasteiger partial charge in [0.1, 0.15) is 6.04 Å². The fourth-order valence-electron chi connectivity index (χ4n) is 2.34. The number of carbonyl (C=O) groups excluding carboxylic acids is 4. The molecule has 1 rings (SSSR count). The third kappa shape index (κ3) is 3.99. The van der Waals surface area contributed by atoms with Gasteiger partial charge in [0, 0.05) is 12.1 Å². The first-order chi connectivity index (χ1) is 10.9. The van der Waals surface area contributed by atoms with Crippen LogP contribution < -0.4 is 0 Å². The Hall–Kier alpha value is -2.58. The Morgan fingerprint density at radius 1 is 0.957 bits per heavy atom. The number of rotatable bonds is 4. The van der Waals surface area contributed by atoms with Crippen molar-refractivity contribution in [2.45, 2.75) is 12.5 Å². The summed E-state index contributed by atoms with van der Waals surface area (Å²) in [7, 11) is 4.62. The molecule has 1 aliphatic rings. The summed E-state index contributed by atoms with van der Waals surface area (Å²) >= 11 is 0. The van der Waals surface area contributed by atoms with Gasteiger partial charge in [-0.15, -0.1) is 0 Å². The zero-order valence-corrected chi connectivity index (χ0v) is 13.3. The van der Waals surface area contributed by atoms with Gasteiger partial charge < -0.3 is 18.9 Å². The smallest absolute Gasteiger partial charge is 0.414 e. The van der Waals surface area contributed by atoms with Crippen molar-refractivity contribution < 1.29 is 38.1 Å². The van der Waals surface area contributed by atoms with Crippen molar-refractivity contribution in [3.05, 3.63) is 12.3 Å². The number of allylic oxidation sites excluding steroid dienone is 1. The van der Waals surface area contributed by atoms with Gasteiger partial charge in [0.05, 0.1) is 28.4 Å². The quantitative estimate of drug-likeness (QED) is 0.406. The number of nitrogens with zero attached hydrogens (tertiary/aromatic N) is 1. The van der Waals surface area contributed by atoms with Crippen molar-refractivity contribution in [1.82, 2.24) is 4.90 Å². The molecule has 0 spiro atoms. The van der Waals surface area contributed by atoms with E-state index in [-0.39, 0.29) is 6.42 Å². The van der Waals surface area contributed by atoms with Crippen molar-refractivity contribution in [3.8, 4) is 0 Å². The monoisotopic (exact) mass is 329 g/mol. The van der Waals surface area contributed by atoms with Gasteiger partial charge >= 0.3 is 24.0 Å². The second-order valence-corrected chi connectivity index (χ2v) is 4.68. The van der Waals surface area contributed by atoms with Crippen molar-refractivity contribution in [2.24, 2.45) is 11.8 Å². The first kappa shape index (κ1) is 18.5. The molecule has 0 aromatic carbocycles. The number of hydrogen-bond donors (Lipinski definition) is 0. The number of esters is 3. The predicted molar refractivity (Wildman–Crippen MR) is 74.8 cm³/mol. The molecule has 0 aromatic rings. The minimum atomic E-state index is -1.24. The Morgan fingerprint density at radius 3 is 1.96 bits per heavy atom. The largest absolute Gasteiger partial charge is 0.468 e. The molecule has 0 bridgehead atoms. The lowest BCUT2D eigenvalue weighted by Gasteiger charge is -2.33. The second kappa shape index (κ2) is 8.16. The molecule has 0 aromatic heterocycles. The van der Waals surface area contributed by atoms with E-state index in [1.807, 2.05) is 0 Å². The lowest BCUT2D eigenvalue weighted by molar-refractivity contribution is -0.162. The van der Waals surface area contributed by atoms with Crippen LogP contribution in [0.25, 0.3) is 0 Å². The summed E-state index contributed by atoms with van der Waals surface area (Å²) in [4.78, 5) is 48.4. The van der Waals surface area contributed by atoms with Crippen molar-refractivity contribution >= 4 is 24.0 Å². The van der Waals surface area contributed by atoms with Crippen molar-refractivity contribution in [3.63, 3.8) is 0 Å². The molecule has 0 unspecified atom stereocenters. The SMILES string of the molecule is COC(=O)C(C(=O)OC)[C@@H]1C=CN(C(=O)OC)[C@H](C(=O)OC)C1. The van der Waals surface area contributed by atoms with Gasteiger partial charge in [0.25, 0.3) is 0 Å². The van der Waals surface area contributed by atoms with Gasteiger partial charge in [-0.05, 0) is 6.42 Å². The summed E-state index contributed by atoms with van der Waals surface area (Å²) in [6.45, 7) is 0. The average Bonchev–Trinajstić information content (AvgIpc) is 2.59. The summed E-state index contributed by atoms with van der Waals surface area (Å²) in [6, 6.07) is -1.03. The second-order valence-electron chi connectivity index (χ2n) is 4.68. The minimum absolute atomic E-state index is 0.0207. The Balaban J connectivity index is 3.14.